The van der Waals surface area contributed by atoms with Gasteiger partial charge in [-0.25, -0.2) is 0 Å². The molecule has 0 spiro atoms. The third kappa shape index (κ3) is 4.83. The largest absolute Gasteiger partial charge is 0.356 e. The first kappa shape index (κ1) is 19.6. The van der Waals surface area contributed by atoms with Crippen LogP contribution in [0.2, 0.25) is 0 Å². The molecular weight excluding hydrogens is 364 g/mol. The van der Waals surface area contributed by atoms with Crippen molar-refractivity contribution >= 4 is 16.9 Å². The molecule has 1 aliphatic heterocycles. The van der Waals surface area contributed by atoms with Gasteiger partial charge in [0.15, 0.2) is 5.58 Å². The third-order valence-electron chi connectivity index (χ3n) is 5.68. The first-order chi connectivity index (χ1) is 14.2. The van der Waals surface area contributed by atoms with Crippen LogP contribution in [-0.4, -0.2) is 53.6 Å². The van der Waals surface area contributed by atoms with Gasteiger partial charge in [0, 0.05) is 44.7 Å². The standard InChI is InChI=1S/C23H28N4O2/c1-2-26-11-13-27(14-12-26)17-19-8-4-3-7-18(19)16-24-23(28)15-21-20-9-5-6-10-22(20)29-25-21/h3-10H,2,11-17H2,1H3,(H,24,28). The van der Waals surface area contributed by atoms with Gasteiger partial charge in [-0.05, 0) is 29.8 Å². The number of rotatable bonds is 7. The summed E-state index contributed by atoms with van der Waals surface area (Å²) in [5.41, 5.74) is 3.84. The van der Waals surface area contributed by atoms with Crippen molar-refractivity contribution in [1.82, 2.24) is 20.3 Å². The summed E-state index contributed by atoms with van der Waals surface area (Å²) in [6.07, 6.45) is 0.220. The van der Waals surface area contributed by atoms with Crippen molar-refractivity contribution in [2.75, 3.05) is 32.7 Å². The molecule has 6 nitrogen and oxygen atoms in total. The van der Waals surface area contributed by atoms with E-state index in [1.807, 2.05) is 30.3 Å². The molecule has 6 heteroatoms. The number of carbonyl (C=O) groups is 1. The molecule has 0 unspecified atom stereocenters. The molecule has 1 fully saturated rings. The van der Waals surface area contributed by atoms with Gasteiger partial charge in [0.2, 0.25) is 5.91 Å². The molecule has 0 atom stereocenters. The lowest BCUT2D eigenvalue weighted by Gasteiger charge is -2.34. The molecule has 2 aromatic carbocycles. The molecule has 1 aliphatic rings. The number of para-hydroxylation sites is 1. The molecule has 1 N–H and O–H groups in total. The summed E-state index contributed by atoms with van der Waals surface area (Å²) in [5.74, 6) is -0.0459. The van der Waals surface area contributed by atoms with Gasteiger partial charge >= 0.3 is 0 Å². The second-order valence-corrected chi connectivity index (χ2v) is 7.56. The number of aromatic nitrogens is 1. The van der Waals surface area contributed by atoms with Crippen LogP contribution in [0.3, 0.4) is 0 Å². The number of amides is 1. The Morgan fingerprint density at radius 3 is 2.48 bits per heavy atom. The van der Waals surface area contributed by atoms with E-state index in [0.717, 1.165) is 44.7 Å². The number of benzene rings is 2. The van der Waals surface area contributed by atoms with Crippen LogP contribution in [0.5, 0.6) is 0 Å². The molecule has 0 bridgehead atoms. The molecule has 152 valence electrons. The minimum atomic E-state index is -0.0459. The number of fused-ring (bicyclic) bond motifs is 1. The molecular formula is C23H28N4O2. The SMILES string of the molecule is CCN1CCN(Cc2ccccc2CNC(=O)Cc2noc3ccccc23)CC1. The van der Waals surface area contributed by atoms with E-state index < -0.39 is 0 Å². The lowest BCUT2D eigenvalue weighted by Crippen LogP contribution is -2.45. The van der Waals surface area contributed by atoms with E-state index in [1.165, 1.54) is 11.1 Å². The van der Waals surface area contributed by atoms with Gasteiger partial charge in [0.05, 0.1) is 6.42 Å². The summed E-state index contributed by atoms with van der Waals surface area (Å²) in [5, 5.41) is 8.00. The van der Waals surface area contributed by atoms with Crippen LogP contribution in [0.15, 0.2) is 53.1 Å². The summed E-state index contributed by atoms with van der Waals surface area (Å²) < 4.78 is 5.29. The van der Waals surface area contributed by atoms with Crippen molar-refractivity contribution in [1.29, 1.82) is 0 Å². The molecule has 0 radical (unpaired) electrons. The maximum atomic E-state index is 12.5. The molecule has 29 heavy (non-hydrogen) atoms. The molecule has 0 saturated carbocycles. The van der Waals surface area contributed by atoms with Crippen LogP contribution >= 0.6 is 0 Å². The Balaban J connectivity index is 1.34. The highest BCUT2D eigenvalue weighted by atomic mass is 16.5. The summed E-state index contributed by atoms with van der Waals surface area (Å²) in [7, 11) is 0. The zero-order chi connectivity index (χ0) is 20.1. The maximum Gasteiger partial charge on any atom is 0.226 e. The van der Waals surface area contributed by atoms with E-state index in [0.29, 0.717) is 17.8 Å². The lowest BCUT2D eigenvalue weighted by atomic mass is 10.1. The first-order valence-corrected chi connectivity index (χ1v) is 10.3. The Morgan fingerprint density at radius 1 is 1.00 bits per heavy atom. The van der Waals surface area contributed by atoms with Gasteiger partial charge in [0.25, 0.3) is 0 Å². The zero-order valence-electron chi connectivity index (χ0n) is 16.9. The number of piperazine rings is 1. The molecule has 2 heterocycles. The second-order valence-electron chi connectivity index (χ2n) is 7.56. The summed E-state index contributed by atoms with van der Waals surface area (Å²) in [6, 6.07) is 16.0. The van der Waals surface area contributed by atoms with E-state index >= 15 is 0 Å². The van der Waals surface area contributed by atoms with Crippen molar-refractivity contribution in [3.8, 4) is 0 Å². The Hall–Kier alpha value is -2.70. The van der Waals surface area contributed by atoms with Crippen LogP contribution in [0.1, 0.15) is 23.7 Å². The van der Waals surface area contributed by atoms with Crippen molar-refractivity contribution in [3.05, 3.63) is 65.4 Å². The van der Waals surface area contributed by atoms with E-state index in [4.69, 9.17) is 4.52 Å². The Labute approximate surface area is 171 Å². The van der Waals surface area contributed by atoms with Gasteiger partial charge in [-0.3, -0.25) is 9.69 Å². The van der Waals surface area contributed by atoms with E-state index in [2.05, 4.69) is 45.4 Å². The van der Waals surface area contributed by atoms with Crippen LogP contribution in [0, 0.1) is 0 Å². The third-order valence-corrected chi connectivity index (χ3v) is 5.68. The fourth-order valence-corrected chi connectivity index (χ4v) is 3.86. The van der Waals surface area contributed by atoms with Crippen molar-refractivity contribution in [2.45, 2.75) is 26.4 Å². The summed E-state index contributed by atoms with van der Waals surface area (Å²) in [6.45, 7) is 9.23. The smallest absolute Gasteiger partial charge is 0.226 e. The first-order valence-electron chi connectivity index (χ1n) is 10.3. The quantitative estimate of drug-likeness (QED) is 0.670. The average molecular weight is 393 g/mol. The fourth-order valence-electron chi connectivity index (χ4n) is 3.86. The molecule has 4 rings (SSSR count). The molecule has 3 aromatic rings. The fraction of sp³-hybridized carbons (Fsp3) is 0.391. The Kier molecular flexibility index (Phi) is 6.22. The molecule has 1 aromatic heterocycles. The second kappa shape index (κ2) is 9.20. The number of likely N-dealkylation sites (N-methyl/N-ethyl adjacent to an activating group) is 1. The number of hydrogen-bond donors (Lipinski definition) is 1. The van der Waals surface area contributed by atoms with Crippen molar-refractivity contribution in [3.63, 3.8) is 0 Å². The predicted octanol–water partition coefficient (Wildman–Crippen LogP) is 2.82. The normalized spacial score (nSPS) is 15.6. The van der Waals surface area contributed by atoms with E-state index in [9.17, 15) is 4.79 Å². The lowest BCUT2D eigenvalue weighted by molar-refractivity contribution is -0.120. The molecule has 1 saturated heterocycles. The van der Waals surface area contributed by atoms with Crippen molar-refractivity contribution < 1.29 is 9.32 Å². The number of nitrogens with zero attached hydrogens (tertiary/aromatic N) is 3. The molecule has 0 aliphatic carbocycles. The topological polar surface area (TPSA) is 61.6 Å². The number of hydrogen-bond acceptors (Lipinski definition) is 5. The summed E-state index contributed by atoms with van der Waals surface area (Å²) in [4.78, 5) is 17.5. The Morgan fingerprint density at radius 2 is 1.69 bits per heavy atom. The van der Waals surface area contributed by atoms with Crippen LogP contribution in [0.4, 0.5) is 0 Å². The van der Waals surface area contributed by atoms with Crippen LogP contribution in [0.25, 0.3) is 11.0 Å². The predicted molar refractivity (Wildman–Crippen MR) is 113 cm³/mol. The van der Waals surface area contributed by atoms with E-state index in [1.54, 1.807) is 0 Å². The zero-order valence-corrected chi connectivity index (χ0v) is 16.9. The average Bonchev–Trinajstić information content (AvgIpc) is 3.16. The minimum absolute atomic E-state index is 0.0459. The number of carbonyl (C=O) groups excluding carboxylic acids is 1. The monoisotopic (exact) mass is 392 g/mol. The van der Waals surface area contributed by atoms with Crippen LogP contribution in [-0.2, 0) is 24.3 Å². The Bertz CT molecular complexity index is 960. The summed E-state index contributed by atoms with van der Waals surface area (Å²) >= 11 is 0. The highest BCUT2D eigenvalue weighted by Gasteiger charge is 2.17. The van der Waals surface area contributed by atoms with Gasteiger partial charge < -0.3 is 14.7 Å². The van der Waals surface area contributed by atoms with Gasteiger partial charge in [-0.2, -0.15) is 0 Å². The van der Waals surface area contributed by atoms with Gasteiger partial charge in [-0.1, -0.05) is 48.5 Å². The minimum Gasteiger partial charge on any atom is -0.356 e. The molecule has 1 amide bonds. The van der Waals surface area contributed by atoms with Gasteiger partial charge in [0.1, 0.15) is 5.69 Å². The van der Waals surface area contributed by atoms with Crippen LogP contribution < -0.4 is 5.32 Å². The highest BCUT2D eigenvalue weighted by Crippen LogP contribution is 2.18. The maximum absolute atomic E-state index is 12.5. The highest BCUT2D eigenvalue weighted by molar-refractivity contribution is 5.86. The van der Waals surface area contributed by atoms with E-state index in [-0.39, 0.29) is 12.3 Å². The van der Waals surface area contributed by atoms with Gasteiger partial charge in [-0.15, -0.1) is 0 Å². The number of nitrogens with one attached hydrogen (secondary N) is 1. The van der Waals surface area contributed by atoms with Crippen molar-refractivity contribution in [2.24, 2.45) is 0 Å².